The molecule has 112 valence electrons. The Morgan fingerprint density at radius 1 is 1.40 bits per heavy atom. The van der Waals surface area contributed by atoms with Crippen LogP contribution in [0, 0.1) is 5.92 Å². The maximum atomic E-state index is 10.7. The van der Waals surface area contributed by atoms with Gasteiger partial charge in [0.2, 0.25) is 5.89 Å². The van der Waals surface area contributed by atoms with Crippen LogP contribution in [0.3, 0.4) is 0 Å². The summed E-state index contributed by atoms with van der Waals surface area (Å²) in [5.74, 6) is 0.973. The first-order valence-electron chi connectivity index (χ1n) is 7.72. The molecule has 1 aliphatic heterocycles. The van der Waals surface area contributed by atoms with Crippen molar-refractivity contribution in [1.29, 1.82) is 0 Å². The zero-order valence-electron chi connectivity index (χ0n) is 12.1. The second kappa shape index (κ2) is 5.69. The second-order valence-corrected chi connectivity index (χ2v) is 6.00. The highest BCUT2D eigenvalue weighted by Crippen LogP contribution is 2.40. The third-order valence-corrected chi connectivity index (χ3v) is 4.68. The molecule has 0 spiro atoms. The number of anilines is 1. The first kappa shape index (κ1) is 13.8. The van der Waals surface area contributed by atoms with Crippen LogP contribution in [0.15, 0.2) is 4.42 Å². The Balaban J connectivity index is 1.65. The average molecular weight is 280 g/mol. The Morgan fingerprint density at radius 2 is 2.30 bits per heavy atom. The first-order chi connectivity index (χ1) is 9.71. The summed E-state index contributed by atoms with van der Waals surface area (Å²) in [7, 11) is 0. The first-order valence-corrected chi connectivity index (χ1v) is 7.72. The van der Waals surface area contributed by atoms with Crippen molar-refractivity contribution in [1.82, 2.24) is 15.5 Å². The average Bonchev–Trinajstić information content (AvgIpc) is 2.93. The van der Waals surface area contributed by atoms with Gasteiger partial charge < -0.3 is 19.7 Å². The fourth-order valence-corrected chi connectivity index (χ4v) is 3.42. The van der Waals surface area contributed by atoms with Crippen LogP contribution in [0.1, 0.15) is 44.9 Å². The number of aliphatic hydroxyl groups is 1. The molecule has 2 fully saturated rings. The Bertz CT molecular complexity index is 450. The summed E-state index contributed by atoms with van der Waals surface area (Å²) >= 11 is 0. The lowest BCUT2D eigenvalue weighted by Gasteiger charge is -2.46. The van der Waals surface area contributed by atoms with Gasteiger partial charge in [0.05, 0.1) is 12.1 Å². The molecule has 1 saturated heterocycles. The fraction of sp³-hybridized carbons (Fsp3) is 0.857. The minimum atomic E-state index is -0.457. The molecule has 2 atom stereocenters. The lowest BCUT2D eigenvalue weighted by molar-refractivity contribution is -0.0619. The SMILES string of the molecule is CCNCc1nnc(N2CCC3(O)CCCCC3C2)o1. The van der Waals surface area contributed by atoms with Crippen molar-refractivity contribution in [3.05, 3.63) is 5.89 Å². The van der Waals surface area contributed by atoms with Gasteiger partial charge >= 0.3 is 6.01 Å². The van der Waals surface area contributed by atoms with Crippen LogP contribution in [0.4, 0.5) is 6.01 Å². The van der Waals surface area contributed by atoms with Crippen molar-refractivity contribution < 1.29 is 9.52 Å². The highest BCUT2D eigenvalue weighted by molar-refractivity contribution is 5.27. The third kappa shape index (κ3) is 2.67. The fourth-order valence-electron chi connectivity index (χ4n) is 3.42. The van der Waals surface area contributed by atoms with E-state index in [0.29, 0.717) is 24.4 Å². The topological polar surface area (TPSA) is 74.4 Å². The molecule has 6 heteroatoms. The van der Waals surface area contributed by atoms with Crippen LogP contribution < -0.4 is 10.2 Å². The molecule has 1 saturated carbocycles. The number of aromatic nitrogens is 2. The van der Waals surface area contributed by atoms with Gasteiger partial charge in [-0.2, -0.15) is 0 Å². The normalized spacial score (nSPS) is 30.3. The van der Waals surface area contributed by atoms with Crippen LogP contribution in [0.25, 0.3) is 0 Å². The van der Waals surface area contributed by atoms with Gasteiger partial charge in [-0.05, 0) is 25.8 Å². The molecule has 2 unspecified atom stereocenters. The molecule has 2 heterocycles. The van der Waals surface area contributed by atoms with E-state index in [2.05, 4.69) is 20.4 Å². The van der Waals surface area contributed by atoms with Crippen molar-refractivity contribution in [3.63, 3.8) is 0 Å². The standard InChI is InChI=1S/C14H24N4O2/c1-2-15-9-12-16-17-13(20-12)18-8-7-14(19)6-4-3-5-11(14)10-18/h11,15,19H,2-10H2,1H3. The molecule has 3 rings (SSSR count). The van der Waals surface area contributed by atoms with E-state index in [1.807, 2.05) is 6.92 Å². The van der Waals surface area contributed by atoms with Crippen LogP contribution in [0.5, 0.6) is 0 Å². The molecule has 2 N–H and O–H groups in total. The molecule has 1 aromatic heterocycles. The number of nitrogens with one attached hydrogen (secondary N) is 1. The number of hydrogen-bond acceptors (Lipinski definition) is 6. The highest BCUT2D eigenvalue weighted by atomic mass is 16.4. The largest absolute Gasteiger partial charge is 0.407 e. The molecule has 0 bridgehead atoms. The van der Waals surface area contributed by atoms with E-state index in [4.69, 9.17) is 4.42 Å². The van der Waals surface area contributed by atoms with E-state index < -0.39 is 5.60 Å². The van der Waals surface area contributed by atoms with Gasteiger partial charge in [0, 0.05) is 19.0 Å². The minimum Gasteiger partial charge on any atom is -0.407 e. The van der Waals surface area contributed by atoms with Gasteiger partial charge in [-0.1, -0.05) is 24.9 Å². The lowest BCUT2D eigenvalue weighted by atomic mass is 9.71. The van der Waals surface area contributed by atoms with Gasteiger partial charge in [0.15, 0.2) is 0 Å². The summed E-state index contributed by atoms with van der Waals surface area (Å²) in [6.07, 6.45) is 5.23. The van der Waals surface area contributed by atoms with Crippen LogP contribution in [0.2, 0.25) is 0 Å². The van der Waals surface area contributed by atoms with E-state index in [9.17, 15) is 5.11 Å². The van der Waals surface area contributed by atoms with Crippen molar-refractivity contribution in [2.24, 2.45) is 5.92 Å². The molecule has 6 nitrogen and oxygen atoms in total. The summed E-state index contributed by atoms with van der Waals surface area (Å²) < 4.78 is 5.70. The van der Waals surface area contributed by atoms with Crippen molar-refractivity contribution in [2.45, 2.75) is 51.2 Å². The molecule has 20 heavy (non-hydrogen) atoms. The number of rotatable bonds is 4. The van der Waals surface area contributed by atoms with E-state index in [1.165, 1.54) is 6.42 Å². The van der Waals surface area contributed by atoms with Gasteiger partial charge in [0.25, 0.3) is 0 Å². The predicted octanol–water partition coefficient (Wildman–Crippen LogP) is 1.31. The molecule has 2 aliphatic rings. The summed E-state index contributed by atoms with van der Waals surface area (Å²) in [4.78, 5) is 2.13. The van der Waals surface area contributed by atoms with Crippen LogP contribution >= 0.6 is 0 Å². The van der Waals surface area contributed by atoms with Gasteiger partial charge in [-0.3, -0.25) is 0 Å². The summed E-state index contributed by atoms with van der Waals surface area (Å²) in [5, 5.41) is 22.1. The van der Waals surface area contributed by atoms with Gasteiger partial charge in [-0.15, -0.1) is 5.10 Å². The maximum absolute atomic E-state index is 10.7. The van der Waals surface area contributed by atoms with Crippen molar-refractivity contribution >= 4 is 6.01 Å². The highest BCUT2D eigenvalue weighted by Gasteiger charge is 2.43. The third-order valence-electron chi connectivity index (χ3n) is 4.68. The number of nitrogens with zero attached hydrogens (tertiary/aromatic N) is 3. The van der Waals surface area contributed by atoms with Crippen LogP contribution in [-0.4, -0.2) is 40.5 Å². The Morgan fingerprint density at radius 3 is 3.15 bits per heavy atom. The molecule has 0 aromatic carbocycles. The zero-order chi connectivity index (χ0) is 14.0. The minimum absolute atomic E-state index is 0.342. The Labute approximate surface area is 119 Å². The molecular formula is C14H24N4O2. The lowest BCUT2D eigenvalue weighted by Crippen LogP contribution is -2.53. The number of piperidine rings is 1. The van der Waals surface area contributed by atoms with E-state index in [-0.39, 0.29) is 0 Å². The van der Waals surface area contributed by atoms with Crippen molar-refractivity contribution in [2.75, 3.05) is 24.5 Å². The Kier molecular flexibility index (Phi) is 3.94. The molecule has 1 aliphatic carbocycles. The smallest absolute Gasteiger partial charge is 0.318 e. The zero-order valence-corrected chi connectivity index (χ0v) is 12.1. The van der Waals surface area contributed by atoms with E-state index >= 15 is 0 Å². The van der Waals surface area contributed by atoms with E-state index in [1.54, 1.807) is 0 Å². The number of hydrogen-bond donors (Lipinski definition) is 2. The molecule has 0 radical (unpaired) electrons. The summed E-state index contributed by atoms with van der Waals surface area (Å²) in [6, 6.07) is 0.602. The quantitative estimate of drug-likeness (QED) is 0.866. The Hall–Kier alpha value is -1.14. The maximum Gasteiger partial charge on any atom is 0.318 e. The number of fused-ring (bicyclic) bond motifs is 1. The van der Waals surface area contributed by atoms with Crippen LogP contribution in [-0.2, 0) is 6.54 Å². The van der Waals surface area contributed by atoms with Gasteiger partial charge in [0.1, 0.15) is 0 Å². The predicted molar refractivity (Wildman–Crippen MR) is 75.4 cm³/mol. The van der Waals surface area contributed by atoms with E-state index in [0.717, 1.165) is 45.3 Å². The summed E-state index contributed by atoms with van der Waals surface area (Å²) in [5.41, 5.74) is -0.457. The van der Waals surface area contributed by atoms with Gasteiger partial charge in [-0.25, -0.2) is 0 Å². The van der Waals surface area contributed by atoms with Crippen molar-refractivity contribution in [3.8, 4) is 0 Å². The monoisotopic (exact) mass is 280 g/mol. The molecule has 1 aromatic rings. The second-order valence-electron chi connectivity index (χ2n) is 6.00. The summed E-state index contributed by atoms with van der Waals surface area (Å²) in [6.45, 7) is 5.18. The molecular weight excluding hydrogens is 256 g/mol. The molecule has 0 amide bonds.